The van der Waals surface area contributed by atoms with Gasteiger partial charge in [0.05, 0.1) is 12.2 Å². The Morgan fingerprint density at radius 3 is 2.62 bits per heavy atom. The van der Waals surface area contributed by atoms with E-state index in [2.05, 4.69) is 25.2 Å². The fraction of sp³-hybridized carbons (Fsp3) is 0.579. The van der Waals surface area contributed by atoms with Crippen molar-refractivity contribution in [2.24, 2.45) is 5.92 Å². The second-order valence-corrected chi connectivity index (χ2v) is 6.39. The largest absolute Gasteiger partial charge is 0.492 e. The molecule has 0 unspecified atom stereocenters. The zero-order valence-electron chi connectivity index (χ0n) is 15.3. The van der Waals surface area contributed by atoms with Crippen LogP contribution in [0.25, 0.3) is 0 Å². The highest BCUT2D eigenvalue weighted by atomic mass is 16.5. The molecule has 5 nitrogen and oxygen atoms in total. The highest BCUT2D eigenvalue weighted by Gasteiger charge is 2.35. The number of hydrogen-bond acceptors (Lipinski definition) is 4. The van der Waals surface area contributed by atoms with Gasteiger partial charge in [-0.25, -0.2) is 0 Å². The number of hydrogen-bond donors (Lipinski definition) is 1. The van der Waals surface area contributed by atoms with Crippen LogP contribution in [0.5, 0.6) is 5.75 Å². The molecule has 0 saturated carbocycles. The van der Waals surface area contributed by atoms with E-state index < -0.39 is 5.60 Å². The molecule has 1 N–H and O–H groups in total. The number of nitriles is 1. The minimum atomic E-state index is -0.893. The van der Waals surface area contributed by atoms with Gasteiger partial charge in [0, 0.05) is 12.3 Å². The Morgan fingerprint density at radius 2 is 2.08 bits per heavy atom. The lowest BCUT2D eigenvalue weighted by atomic mass is 9.93. The van der Waals surface area contributed by atoms with Crippen molar-refractivity contribution in [1.82, 2.24) is 0 Å². The molecule has 0 aliphatic heterocycles. The molecular formula is C19H28N2O3. The number of ether oxygens (including phenoxy) is 2. The molecule has 0 heterocycles. The van der Waals surface area contributed by atoms with E-state index in [0.717, 1.165) is 6.42 Å². The van der Waals surface area contributed by atoms with Gasteiger partial charge in [0.25, 0.3) is 5.91 Å². The van der Waals surface area contributed by atoms with E-state index in [9.17, 15) is 10.1 Å². The van der Waals surface area contributed by atoms with Gasteiger partial charge in [0.2, 0.25) is 0 Å². The van der Waals surface area contributed by atoms with Crippen molar-refractivity contribution in [2.75, 3.05) is 18.5 Å². The summed E-state index contributed by atoms with van der Waals surface area (Å²) in [7, 11) is 0. The highest BCUT2D eigenvalue weighted by Crippen LogP contribution is 2.26. The first-order valence-electron chi connectivity index (χ1n) is 8.48. The topological polar surface area (TPSA) is 71.3 Å². The van der Waals surface area contributed by atoms with Crippen LogP contribution in [0.1, 0.15) is 53.0 Å². The average molecular weight is 332 g/mol. The zero-order chi connectivity index (χ0) is 18.2. The van der Waals surface area contributed by atoms with E-state index in [1.807, 2.05) is 20.8 Å². The molecule has 1 aromatic carbocycles. The van der Waals surface area contributed by atoms with Crippen molar-refractivity contribution >= 4 is 11.6 Å². The van der Waals surface area contributed by atoms with Crippen LogP contribution >= 0.6 is 0 Å². The predicted molar refractivity (Wildman–Crippen MR) is 95.1 cm³/mol. The van der Waals surface area contributed by atoms with Crippen LogP contribution in [0, 0.1) is 17.2 Å². The molecule has 0 fully saturated rings. The number of rotatable bonds is 9. The lowest BCUT2D eigenvalue weighted by Gasteiger charge is -2.30. The van der Waals surface area contributed by atoms with Gasteiger partial charge < -0.3 is 14.8 Å². The summed E-state index contributed by atoms with van der Waals surface area (Å²) in [5, 5.41) is 12.1. The van der Waals surface area contributed by atoms with E-state index in [1.165, 1.54) is 0 Å². The molecular weight excluding hydrogens is 304 g/mol. The Hall–Kier alpha value is -2.06. The van der Waals surface area contributed by atoms with E-state index in [-0.39, 0.29) is 5.91 Å². The number of carbonyl (C=O) groups is 1. The van der Waals surface area contributed by atoms with Gasteiger partial charge >= 0.3 is 0 Å². The maximum absolute atomic E-state index is 12.7. The molecule has 132 valence electrons. The summed E-state index contributed by atoms with van der Waals surface area (Å²) >= 11 is 0. The SMILES string of the molecule is CCCO[C@@](C)(CC(C)C)C(=O)Nc1ccc(OCC)c(C#N)c1. The Morgan fingerprint density at radius 1 is 1.38 bits per heavy atom. The van der Waals surface area contributed by atoms with E-state index in [0.29, 0.717) is 42.6 Å². The quantitative estimate of drug-likeness (QED) is 0.738. The van der Waals surface area contributed by atoms with Gasteiger partial charge in [-0.2, -0.15) is 5.26 Å². The first kappa shape index (κ1) is 20.0. The summed E-state index contributed by atoms with van der Waals surface area (Å²) in [6, 6.07) is 7.15. The van der Waals surface area contributed by atoms with Gasteiger partial charge in [-0.1, -0.05) is 20.8 Å². The molecule has 0 aliphatic rings. The highest BCUT2D eigenvalue weighted by molar-refractivity contribution is 5.97. The maximum Gasteiger partial charge on any atom is 0.256 e. The van der Waals surface area contributed by atoms with E-state index >= 15 is 0 Å². The number of benzene rings is 1. The number of amides is 1. The third kappa shape index (κ3) is 5.54. The van der Waals surface area contributed by atoms with Crippen LogP contribution in [0.15, 0.2) is 18.2 Å². The van der Waals surface area contributed by atoms with E-state index in [1.54, 1.807) is 18.2 Å². The molecule has 0 radical (unpaired) electrons. The summed E-state index contributed by atoms with van der Waals surface area (Å²) < 4.78 is 11.2. The van der Waals surface area contributed by atoms with Crippen LogP contribution < -0.4 is 10.1 Å². The van der Waals surface area contributed by atoms with Crippen molar-refractivity contribution in [3.05, 3.63) is 23.8 Å². The zero-order valence-corrected chi connectivity index (χ0v) is 15.3. The van der Waals surface area contributed by atoms with Crippen molar-refractivity contribution in [1.29, 1.82) is 5.26 Å². The third-order valence-electron chi connectivity index (χ3n) is 3.56. The fourth-order valence-electron chi connectivity index (χ4n) is 2.56. The Kier molecular flexibility index (Phi) is 7.73. The first-order valence-corrected chi connectivity index (χ1v) is 8.48. The standard InChI is InChI=1S/C19H28N2O3/c1-6-10-24-19(5,12-14(3)4)18(22)21-16-8-9-17(23-7-2)15(11-16)13-20/h8-9,11,14H,6-7,10,12H2,1-5H3,(H,21,22)/t19-/m0/s1. The van der Waals surface area contributed by atoms with Gasteiger partial charge in [-0.15, -0.1) is 0 Å². The molecule has 1 aromatic rings. The minimum absolute atomic E-state index is 0.197. The van der Waals surface area contributed by atoms with Gasteiger partial charge in [-0.05, 0) is 50.8 Å². The van der Waals surface area contributed by atoms with Crippen LogP contribution in [0.2, 0.25) is 0 Å². The van der Waals surface area contributed by atoms with Crippen LogP contribution in [-0.4, -0.2) is 24.7 Å². The third-order valence-corrected chi connectivity index (χ3v) is 3.56. The average Bonchev–Trinajstić information content (AvgIpc) is 2.53. The second kappa shape index (κ2) is 9.29. The monoisotopic (exact) mass is 332 g/mol. The number of anilines is 1. The molecule has 0 bridgehead atoms. The van der Waals surface area contributed by atoms with Gasteiger partial charge in [0.1, 0.15) is 17.4 Å². The lowest BCUT2D eigenvalue weighted by molar-refractivity contribution is -0.141. The lowest BCUT2D eigenvalue weighted by Crippen LogP contribution is -2.44. The van der Waals surface area contributed by atoms with Crippen LogP contribution in [0.4, 0.5) is 5.69 Å². The van der Waals surface area contributed by atoms with E-state index in [4.69, 9.17) is 9.47 Å². The molecule has 0 aliphatic carbocycles. The smallest absolute Gasteiger partial charge is 0.256 e. The molecule has 0 spiro atoms. The second-order valence-electron chi connectivity index (χ2n) is 6.39. The summed E-state index contributed by atoms with van der Waals surface area (Å²) in [5.74, 6) is 0.649. The fourth-order valence-corrected chi connectivity index (χ4v) is 2.56. The van der Waals surface area contributed by atoms with Crippen LogP contribution in [-0.2, 0) is 9.53 Å². The molecule has 1 atom stereocenters. The molecule has 1 rings (SSSR count). The maximum atomic E-state index is 12.7. The number of carbonyl (C=O) groups excluding carboxylic acids is 1. The van der Waals surface area contributed by atoms with Gasteiger partial charge in [-0.3, -0.25) is 4.79 Å². The van der Waals surface area contributed by atoms with Crippen LogP contribution in [0.3, 0.4) is 0 Å². The van der Waals surface area contributed by atoms with Crippen molar-refractivity contribution < 1.29 is 14.3 Å². The summed E-state index contributed by atoms with van der Waals surface area (Å²) in [6.45, 7) is 10.8. The molecule has 1 amide bonds. The summed E-state index contributed by atoms with van der Waals surface area (Å²) in [5.41, 5.74) is 0.0695. The Bertz CT molecular complexity index is 593. The van der Waals surface area contributed by atoms with Crippen molar-refractivity contribution in [3.63, 3.8) is 0 Å². The Balaban J connectivity index is 2.96. The predicted octanol–water partition coefficient (Wildman–Crippen LogP) is 4.13. The minimum Gasteiger partial charge on any atom is -0.492 e. The number of nitrogens with one attached hydrogen (secondary N) is 1. The normalized spacial score (nSPS) is 13.2. The Labute approximate surface area is 145 Å². The summed E-state index contributed by atoms with van der Waals surface area (Å²) in [4.78, 5) is 12.7. The molecule has 24 heavy (non-hydrogen) atoms. The van der Waals surface area contributed by atoms with Crippen molar-refractivity contribution in [2.45, 2.75) is 53.1 Å². The van der Waals surface area contributed by atoms with Crippen molar-refractivity contribution in [3.8, 4) is 11.8 Å². The molecule has 0 saturated heterocycles. The summed E-state index contributed by atoms with van der Waals surface area (Å²) in [6.07, 6.45) is 1.48. The first-order chi connectivity index (χ1) is 11.4. The molecule has 5 heteroatoms. The van der Waals surface area contributed by atoms with Gasteiger partial charge in [0.15, 0.2) is 0 Å². The molecule has 0 aromatic heterocycles. The number of nitrogens with zero attached hydrogens (tertiary/aromatic N) is 1.